The molecular formula is C56H36N2S2. The molecule has 2 aromatic heterocycles. The van der Waals surface area contributed by atoms with Gasteiger partial charge in [-0.15, -0.1) is 22.7 Å². The molecule has 0 spiro atoms. The van der Waals surface area contributed by atoms with Crippen LogP contribution in [0, 0.1) is 0 Å². The Morgan fingerprint density at radius 1 is 0.383 bits per heavy atom. The fourth-order valence-electron chi connectivity index (χ4n) is 9.54. The van der Waals surface area contributed by atoms with Gasteiger partial charge < -0.3 is 4.90 Å². The van der Waals surface area contributed by atoms with Crippen molar-refractivity contribution in [2.24, 2.45) is 0 Å². The van der Waals surface area contributed by atoms with Crippen LogP contribution in [0.25, 0.3) is 63.2 Å². The third kappa shape index (κ3) is 5.42. The van der Waals surface area contributed by atoms with E-state index in [2.05, 4.69) is 223 Å². The van der Waals surface area contributed by atoms with Crippen LogP contribution in [-0.2, 0) is 5.41 Å². The van der Waals surface area contributed by atoms with Crippen LogP contribution in [0.3, 0.4) is 0 Å². The van der Waals surface area contributed by atoms with E-state index in [1.54, 1.807) is 11.3 Å². The van der Waals surface area contributed by atoms with E-state index in [1.165, 1.54) is 69.4 Å². The number of hydrogen-bond acceptors (Lipinski definition) is 4. The lowest BCUT2D eigenvalue weighted by molar-refractivity contribution is 0.768. The molecule has 2 nitrogen and oxygen atoms in total. The molecule has 11 aromatic rings. The third-order valence-electron chi connectivity index (χ3n) is 12.2. The van der Waals surface area contributed by atoms with Gasteiger partial charge in [-0.25, -0.2) is 4.98 Å². The van der Waals surface area contributed by atoms with E-state index < -0.39 is 5.41 Å². The summed E-state index contributed by atoms with van der Waals surface area (Å²) >= 11 is 3.61. The van der Waals surface area contributed by atoms with Gasteiger partial charge in [-0.1, -0.05) is 170 Å². The van der Waals surface area contributed by atoms with Crippen LogP contribution in [0.15, 0.2) is 218 Å². The quantitative estimate of drug-likeness (QED) is 0.160. The Bertz CT molecular complexity index is 3330. The number of thiazole rings is 1. The zero-order valence-corrected chi connectivity index (χ0v) is 34.1. The van der Waals surface area contributed by atoms with Crippen LogP contribution < -0.4 is 4.90 Å². The fraction of sp³-hybridized carbons (Fsp3) is 0.0179. The third-order valence-corrected chi connectivity index (χ3v) is 14.5. The lowest BCUT2D eigenvalue weighted by atomic mass is 9.67. The first-order chi connectivity index (χ1) is 29.7. The summed E-state index contributed by atoms with van der Waals surface area (Å²) in [5.74, 6) is 0. The zero-order valence-electron chi connectivity index (χ0n) is 32.5. The number of fused-ring (bicyclic) bond motifs is 7. The van der Waals surface area contributed by atoms with Crippen molar-refractivity contribution in [2.45, 2.75) is 5.41 Å². The molecule has 0 saturated heterocycles. The standard InChI is InChI=1S/C56H36N2S2/c1-4-15-38(16-5-1)55-57-51-36-43(32-34-53(51)60-55)58(41-29-27-37(28-30-41)44-23-14-24-48-47-22-11-13-26-52(47)59-54(44)48)42-31-33-46-45-21-10-12-25-49(45)56(50(46)35-42,39-17-6-2-7-18-39)40-19-8-3-9-20-40/h1-36H. The van der Waals surface area contributed by atoms with Gasteiger partial charge in [0.05, 0.1) is 15.6 Å². The monoisotopic (exact) mass is 800 g/mol. The summed E-state index contributed by atoms with van der Waals surface area (Å²) in [6.07, 6.45) is 0. The van der Waals surface area contributed by atoms with E-state index in [-0.39, 0.29) is 0 Å². The highest BCUT2D eigenvalue weighted by molar-refractivity contribution is 7.26. The highest BCUT2D eigenvalue weighted by atomic mass is 32.1. The molecule has 12 rings (SSSR count). The molecule has 0 bridgehead atoms. The second kappa shape index (κ2) is 14.0. The Morgan fingerprint density at radius 2 is 0.983 bits per heavy atom. The van der Waals surface area contributed by atoms with Crippen molar-refractivity contribution >= 4 is 70.1 Å². The molecule has 0 amide bonds. The molecule has 282 valence electrons. The van der Waals surface area contributed by atoms with E-state index in [4.69, 9.17) is 4.98 Å². The average molecular weight is 801 g/mol. The summed E-state index contributed by atoms with van der Waals surface area (Å²) in [6, 6.07) is 80.0. The second-order valence-corrected chi connectivity index (χ2v) is 17.5. The Kier molecular flexibility index (Phi) is 8.15. The smallest absolute Gasteiger partial charge is 0.124 e. The lowest BCUT2D eigenvalue weighted by Gasteiger charge is -2.35. The number of aromatic nitrogens is 1. The van der Waals surface area contributed by atoms with Crippen LogP contribution in [0.2, 0.25) is 0 Å². The normalized spacial score (nSPS) is 12.8. The summed E-state index contributed by atoms with van der Waals surface area (Å²) in [5, 5.41) is 3.65. The first-order valence-corrected chi connectivity index (χ1v) is 22.0. The number of thiophene rings is 1. The maximum Gasteiger partial charge on any atom is 0.124 e. The van der Waals surface area contributed by atoms with E-state index in [9.17, 15) is 0 Å². The Balaban J connectivity index is 1.06. The van der Waals surface area contributed by atoms with Crippen LogP contribution in [-0.4, -0.2) is 4.98 Å². The van der Waals surface area contributed by atoms with Crippen molar-refractivity contribution < 1.29 is 0 Å². The molecule has 0 aliphatic heterocycles. The zero-order chi connectivity index (χ0) is 39.6. The van der Waals surface area contributed by atoms with Crippen LogP contribution in [0.1, 0.15) is 22.3 Å². The molecule has 0 saturated carbocycles. The summed E-state index contributed by atoms with van der Waals surface area (Å²) in [4.78, 5) is 7.61. The minimum Gasteiger partial charge on any atom is -0.310 e. The molecule has 0 N–H and O–H groups in total. The van der Waals surface area contributed by atoms with Crippen LogP contribution in [0.5, 0.6) is 0 Å². The first kappa shape index (κ1) is 34.9. The van der Waals surface area contributed by atoms with Crippen LogP contribution in [0.4, 0.5) is 17.1 Å². The van der Waals surface area contributed by atoms with Crippen molar-refractivity contribution in [3.8, 4) is 32.8 Å². The van der Waals surface area contributed by atoms with Gasteiger partial charge in [-0.2, -0.15) is 0 Å². The van der Waals surface area contributed by atoms with Gasteiger partial charge in [0, 0.05) is 42.8 Å². The molecule has 0 radical (unpaired) electrons. The Labute approximate surface area is 356 Å². The maximum absolute atomic E-state index is 5.19. The number of hydrogen-bond donors (Lipinski definition) is 0. The number of benzene rings is 9. The van der Waals surface area contributed by atoms with Gasteiger partial charge in [0.25, 0.3) is 0 Å². The number of anilines is 3. The van der Waals surface area contributed by atoms with E-state index in [0.29, 0.717) is 0 Å². The molecule has 0 unspecified atom stereocenters. The van der Waals surface area contributed by atoms with Crippen molar-refractivity contribution in [3.05, 3.63) is 241 Å². The minimum absolute atomic E-state index is 0.508. The molecule has 9 aromatic carbocycles. The minimum atomic E-state index is -0.508. The topological polar surface area (TPSA) is 16.1 Å². The fourth-order valence-corrected chi connectivity index (χ4v) is 11.7. The maximum atomic E-state index is 5.19. The van der Waals surface area contributed by atoms with Crippen molar-refractivity contribution in [1.82, 2.24) is 4.98 Å². The van der Waals surface area contributed by atoms with Gasteiger partial charge >= 0.3 is 0 Å². The van der Waals surface area contributed by atoms with Gasteiger partial charge in [-0.3, -0.25) is 0 Å². The van der Waals surface area contributed by atoms with Gasteiger partial charge in [0.1, 0.15) is 5.01 Å². The van der Waals surface area contributed by atoms with Crippen molar-refractivity contribution in [2.75, 3.05) is 4.90 Å². The van der Waals surface area contributed by atoms with Crippen molar-refractivity contribution in [3.63, 3.8) is 0 Å². The van der Waals surface area contributed by atoms with E-state index >= 15 is 0 Å². The predicted octanol–water partition coefficient (Wildman–Crippen LogP) is 15.8. The Morgan fingerprint density at radius 3 is 1.77 bits per heavy atom. The lowest BCUT2D eigenvalue weighted by Crippen LogP contribution is -2.28. The molecule has 4 heteroatoms. The molecule has 0 fully saturated rings. The average Bonchev–Trinajstić information content (AvgIpc) is 4.01. The summed E-state index contributed by atoms with van der Waals surface area (Å²) in [5.41, 5.74) is 14.9. The SMILES string of the molecule is c1ccc(-c2nc3cc(N(c4ccc(-c5cccc6c5sc5ccccc56)cc4)c4ccc5c(c4)C(c4ccccc4)(c4ccccc4)c4ccccc4-5)ccc3s2)cc1. The van der Waals surface area contributed by atoms with Gasteiger partial charge in [-0.05, 0) is 93.0 Å². The highest BCUT2D eigenvalue weighted by Crippen LogP contribution is 2.57. The molecule has 2 heterocycles. The predicted molar refractivity (Wildman–Crippen MR) is 255 cm³/mol. The van der Waals surface area contributed by atoms with E-state index in [0.717, 1.165) is 33.1 Å². The molecule has 0 atom stereocenters. The first-order valence-electron chi connectivity index (χ1n) is 20.4. The number of rotatable bonds is 7. The summed E-state index contributed by atoms with van der Waals surface area (Å²) < 4.78 is 3.81. The van der Waals surface area contributed by atoms with Gasteiger partial charge in [0.2, 0.25) is 0 Å². The van der Waals surface area contributed by atoms with Crippen molar-refractivity contribution in [1.29, 1.82) is 0 Å². The number of nitrogens with zero attached hydrogens (tertiary/aromatic N) is 2. The largest absolute Gasteiger partial charge is 0.310 e. The molecule has 1 aliphatic carbocycles. The molecule has 1 aliphatic rings. The van der Waals surface area contributed by atoms with Gasteiger partial charge in [0.15, 0.2) is 0 Å². The van der Waals surface area contributed by atoms with E-state index in [1.807, 2.05) is 11.3 Å². The highest BCUT2D eigenvalue weighted by Gasteiger charge is 2.46. The summed E-state index contributed by atoms with van der Waals surface area (Å²) in [7, 11) is 0. The molecular weight excluding hydrogens is 765 g/mol. The Hall–Kier alpha value is -7.11. The summed E-state index contributed by atoms with van der Waals surface area (Å²) in [6.45, 7) is 0. The molecule has 60 heavy (non-hydrogen) atoms. The van der Waals surface area contributed by atoms with Crippen LogP contribution >= 0.6 is 22.7 Å². The second-order valence-electron chi connectivity index (χ2n) is 15.5.